The molecule has 1 atom stereocenters. The summed E-state index contributed by atoms with van der Waals surface area (Å²) >= 11 is 0. The molecule has 0 aromatic heterocycles. The van der Waals surface area contributed by atoms with Crippen LogP contribution in [0, 0.1) is 0 Å². The van der Waals surface area contributed by atoms with Crippen LogP contribution in [0.4, 0.5) is 0 Å². The van der Waals surface area contributed by atoms with E-state index < -0.39 is 16.4 Å². The molecule has 1 aromatic rings. The molecule has 2 rings (SSSR count). The molecule has 8 nitrogen and oxygen atoms in total. The van der Waals surface area contributed by atoms with Gasteiger partial charge in [0.15, 0.2) is 10.3 Å². The topological polar surface area (TPSA) is 102 Å². The number of ether oxygens (including phenoxy) is 2. The second-order valence-corrected chi connectivity index (χ2v) is 7.96. The Hall–Kier alpha value is 0.566. The number of aliphatic hydroxyl groups is 1. The third-order valence-electron chi connectivity index (χ3n) is 4.40. The van der Waals surface area contributed by atoms with E-state index in [4.69, 9.17) is 9.47 Å². The number of nitrogens with zero attached hydrogens (tertiary/aromatic N) is 2. The summed E-state index contributed by atoms with van der Waals surface area (Å²) in [7, 11) is -4.63. The van der Waals surface area contributed by atoms with Gasteiger partial charge in [-0.3, -0.25) is 4.90 Å². The zero-order valence-electron chi connectivity index (χ0n) is 16.5. The second-order valence-electron chi connectivity index (χ2n) is 6.59. The molecule has 0 spiro atoms. The maximum absolute atomic E-state index is 11.4. The molecule has 1 heterocycles. The molecule has 0 radical (unpaired) electrons. The zero-order valence-corrected chi connectivity index (χ0v) is 20.5. The minimum atomic E-state index is -4.63. The number of aliphatic hydroxyl groups excluding tert-OH is 1. The van der Waals surface area contributed by atoms with Crippen LogP contribution in [-0.2, 0) is 26.2 Å². The Morgan fingerprint density at radius 2 is 1.93 bits per heavy atom. The van der Waals surface area contributed by atoms with E-state index in [9.17, 15) is 18.1 Å². The van der Waals surface area contributed by atoms with Gasteiger partial charge in [-0.15, -0.1) is 0 Å². The van der Waals surface area contributed by atoms with Crippen molar-refractivity contribution in [1.82, 2.24) is 9.21 Å². The normalized spacial score (nSPS) is 16.7. The van der Waals surface area contributed by atoms with Crippen LogP contribution in [0.25, 0.3) is 0 Å². The first-order valence-electron chi connectivity index (χ1n) is 9.26. The summed E-state index contributed by atoms with van der Waals surface area (Å²) in [5.74, 6) is 0. The molecule has 1 fully saturated rings. The SMILES string of the molecule is O=S(=O)([O-])N(CCc1ccccc1)CC(O)COCCCN1CCOCC1.[K+]. The average molecular weight is 441 g/mol. The molecule has 1 saturated heterocycles. The fourth-order valence-electron chi connectivity index (χ4n) is 2.91. The Kier molecular flexibility index (Phi) is 13.8. The maximum atomic E-state index is 11.4. The van der Waals surface area contributed by atoms with E-state index in [1.54, 1.807) is 0 Å². The van der Waals surface area contributed by atoms with Gasteiger partial charge >= 0.3 is 51.4 Å². The van der Waals surface area contributed by atoms with E-state index in [2.05, 4.69) is 4.90 Å². The van der Waals surface area contributed by atoms with Crippen molar-refractivity contribution in [3.63, 3.8) is 0 Å². The molecule has 10 heteroatoms. The predicted molar refractivity (Wildman–Crippen MR) is 100 cm³/mol. The smallest absolute Gasteiger partial charge is 0.735 e. The van der Waals surface area contributed by atoms with Crippen molar-refractivity contribution in [3.05, 3.63) is 35.9 Å². The van der Waals surface area contributed by atoms with Crippen molar-refractivity contribution < 1.29 is 78.9 Å². The van der Waals surface area contributed by atoms with Crippen LogP contribution < -0.4 is 51.4 Å². The largest absolute Gasteiger partial charge is 1.00 e. The Balaban J connectivity index is 0.00000392. The van der Waals surface area contributed by atoms with E-state index in [0.29, 0.717) is 13.0 Å². The molecule has 1 aliphatic rings. The van der Waals surface area contributed by atoms with Gasteiger partial charge in [-0.2, -0.15) is 0 Å². The van der Waals surface area contributed by atoms with E-state index in [-0.39, 0.29) is 71.1 Å². The van der Waals surface area contributed by atoms with Crippen LogP contribution in [0.3, 0.4) is 0 Å². The molecule has 0 amide bonds. The van der Waals surface area contributed by atoms with Crippen LogP contribution in [0.5, 0.6) is 0 Å². The third-order valence-corrected chi connectivity index (χ3v) is 5.36. The predicted octanol–water partition coefficient (Wildman–Crippen LogP) is -2.90. The summed E-state index contributed by atoms with van der Waals surface area (Å²) in [6.45, 7) is 4.48. The first-order chi connectivity index (χ1) is 12.9. The van der Waals surface area contributed by atoms with Crippen molar-refractivity contribution >= 4 is 10.3 Å². The summed E-state index contributed by atoms with van der Waals surface area (Å²) in [5, 5.41) is 10.0. The van der Waals surface area contributed by atoms with Crippen molar-refractivity contribution in [2.75, 3.05) is 59.2 Å². The van der Waals surface area contributed by atoms with Gasteiger partial charge in [-0.25, -0.2) is 12.7 Å². The van der Waals surface area contributed by atoms with Gasteiger partial charge in [-0.1, -0.05) is 30.3 Å². The fraction of sp³-hybridized carbons (Fsp3) is 0.667. The van der Waals surface area contributed by atoms with Crippen molar-refractivity contribution in [2.24, 2.45) is 0 Å². The van der Waals surface area contributed by atoms with Gasteiger partial charge in [0, 0.05) is 39.3 Å². The van der Waals surface area contributed by atoms with E-state index >= 15 is 0 Å². The summed E-state index contributed by atoms with van der Waals surface area (Å²) in [6, 6.07) is 9.30. The quantitative estimate of drug-likeness (QED) is 0.211. The maximum Gasteiger partial charge on any atom is 1.00 e. The van der Waals surface area contributed by atoms with Gasteiger partial charge < -0.3 is 19.1 Å². The Bertz CT molecular complexity index is 628. The van der Waals surface area contributed by atoms with E-state index in [1.165, 1.54) is 0 Å². The Labute approximate surface area is 210 Å². The fourth-order valence-corrected chi connectivity index (χ4v) is 3.58. The van der Waals surface area contributed by atoms with Crippen LogP contribution in [-0.4, -0.2) is 92.5 Å². The molecular weight excluding hydrogens is 411 g/mol. The molecule has 0 aliphatic carbocycles. The van der Waals surface area contributed by atoms with Crippen molar-refractivity contribution in [1.29, 1.82) is 0 Å². The molecule has 154 valence electrons. The third kappa shape index (κ3) is 11.1. The van der Waals surface area contributed by atoms with Gasteiger partial charge in [0.2, 0.25) is 0 Å². The number of hydrogen-bond acceptors (Lipinski definition) is 7. The minimum Gasteiger partial charge on any atom is -0.735 e. The molecule has 1 N–H and O–H groups in total. The van der Waals surface area contributed by atoms with Crippen LogP contribution in [0.15, 0.2) is 30.3 Å². The standard InChI is InChI=1S/C18H30N2O6S.K/c21-18(16-26-12-4-8-19-10-13-25-14-11-19)15-20(27(22,23)24)9-7-17-5-2-1-3-6-17;/h1-3,5-6,18,21H,4,7-16H2,(H,22,23,24);/q;+1/p-1. The minimum absolute atomic E-state index is 0. The summed E-state index contributed by atoms with van der Waals surface area (Å²) in [5.41, 5.74) is 0.931. The van der Waals surface area contributed by atoms with Crippen LogP contribution >= 0.6 is 0 Å². The van der Waals surface area contributed by atoms with Crippen LogP contribution in [0.2, 0.25) is 0 Å². The van der Waals surface area contributed by atoms with Gasteiger partial charge in [0.05, 0.1) is 25.9 Å². The molecule has 1 aromatic carbocycles. The zero-order chi connectivity index (χ0) is 19.5. The molecular formula is C18H29KN2O6S. The van der Waals surface area contributed by atoms with Crippen molar-refractivity contribution in [3.8, 4) is 0 Å². The van der Waals surface area contributed by atoms with E-state index in [1.807, 2.05) is 30.3 Å². The first kappa shape index (κ1) is 26.6. The van der Waals surface area contributed by atoms with Crippen LogP contribution in [0.1, 0.15) is 12.0 Å². The second kappa shape index (κ2) is 14.6. The molecule has 1 aliphatic heterocycles. The van der Waals surface area contributed by atoms with E-state index in [0.717, 1.165) is 49.1 Å². The van der Waals surface area contributed by atoms with Crippen molar-refractivity contribution in [2.45, 2.75) is 18.9 Å². The Morgan fingerprint density at radius 3 is 2.57 bits per heavy atom. The number of hydrogen-bond donors (Lipinski definition) is 1. The number of morpholine rings is 1. The van der Waals surface area contributed by atoms with Gasteiger partial charge in [0.1, 0.15) is 0 Å². The van der Waals surface area contributed by atoms with Gasteiger partial charge in [0.25, 0.3) is 0 Å². The summed E-state index contributed by atoms with van der Waals surface area (Å²) < 4.78 is 45.8. The molecule has 28 heavy (non-hydrogen) atoms. The summed E-state index contributed by atoms with van der Waals surface area (Å²) in [6.07, 6.45) is 0.201. The molecule has 1 unspecified atom stereocenters. The molecule has 0 bridgehead atoms. The monoisotopic (exact) mass is 440 g/mol. The number of benzene rings is 1. The van der Waals surface area contributed by atoms with Gasteiger partial charge in [-0.05, 0) is 18.4 Å². The first-order valence-corrected chi connectivity index (χ1v) is 10.6. The molecule has 0 saturated carbocycles. The summed E-state index contributed by atoms with van der Waals surface area (Å²) in [4.78, 5) is 2.29. The Morgan fingerprint density at radius 1 is 1.25 bits per heavy atom. The number of rotatable bonds is 12. The average Bonchev–Trinajstić information content (AvgIpc) is 2.65.